The van der Waals surface area contributed by atoms with Gasteiger partial charge in [-0.15, -0.1) is 0 Å². The lowest BCUT2D eigenvalue weighted by Crippen LogP contribution is -2.38. The average molecular weight is 263 g/mol. The van der Waals surface area contributed by atoms with Crippen molar-refractivity contribution in [3.05, 3.63) is 35.4 Å². The number of piperidine rings is 1. The second kappa shape index (κ2) is 6.68. The molecule has 4 nitrogen and oxygen atoms in total. The molecule has 0 radical (unpaired) electrons. The zero-order valence-corrected chi connectivity index (χ0v) is 11.6. The van der Waals surface area contributed by atoms with E-state index in [2.05, 4.69) is 4.90 Å². The van der Waals surface area contributed by atoms with Gasteiger partial charge in [0.15, 0.2) is 0 Å². The summed E-state index contributed by atoms with van der Waals surface area (Å²) in [5, 5.41) is 0. The lowest BCUT2D eigenvalue weighted by atomic mass is 10.0. The van der Waals surface area contributed by atoms with Crippen LogP contribution in [-0.2, 0) is 16.0 Å². The van der Waals surface area contributed by atoms with Gasteiger partial charge in [-0.25, -0.2) is 4.79 Å². The van der Waals surface area contributed by atoms with Crippen molar-refractivity contribution >= 4 is 5.97 Å². The minimum Gasteiger partial charge on any atom is -0.465 e. The first kappa shape index (κ1) is 14.0. The maximum Gasteiger partial charge on any atom is 0.338 e. The molecule has 4 heteroatoms. The highest BCUT2D eigenvalue weighted by Crippen LogP contribution is 2.18. The molecule has 1 fully saturated rings. The Morgan fingerprint density at radius 1 is 1.37 bits per heavy atom. The van der Waals surface area contributed by atoms with Crippen LogP contribution in [0.3, 0.4) is 0 Å². The zero-order valence-electron chi connectivity index (χ0n) is 11.6. The van der Waals surface area contributed by atoms with Gasteiger partial charge in [0.25, 0.3) is 0 Å². The van der Waals surface area contributed by atoms with Gasteiger partial charge in [0.05, 0.1) is 18.8 Å². The summed E-state index contributed by atoms with van der Waals surface area (Å²) in [6.45, 7) is 2.74. The zero-order chi connectivity index (χ0) is 13.7. The van der Waals surface area contributed by atoms with Crippen LogP contribution in [0.2, 0.25) is 0 Å². The molecule has 0 aromatic heterocycles. The number of benzene rings is 1. The molecule has 104 valence electrons. The number of rotatable bonds is 4. The molecule has 0 saturated carbocycles. The second-order valence-corrected chi connectivity index (χ2v) is 4.88. The summed E-state index contributed by atoms with van der Waals surface area (Å²) in [7, 11) is 3.18. The topological polar surface area (TPSA) is 38.8 Å². The van der Waals surface area contributed by atoms with Crippen LogP contribution >= 0.6 is 0 Å². The van der Waals surface area contributed by atoms with Crippen LogP contribution < -0.4 is 0 Å². The van der Waals surface area contributed by atoms with Gasteiger partial charge in [-0.1, -0.05) is 18.2 Å². The normalized spacial score (nSPS) is 20.2. The van der Waals surface area contributed by atoms with E-state index in [-0.39, 0.29) is 5.97 Å². The van der Waals surface area contributed by atoms with E-state index in [1.54, 1.807) is 7.11 Å². The number of methoxy groups -OCH3 is 2. The standard InChI is InChI=1S/C15H21NO3/c1-18-13-7-5-9-16(11-13)10-12-6-3-4-8-14(12)15(17)19-2/h3-4,6,8,13H,5,7,9-11H2,1-2H3. The second-order valence-electron chi connectivity index (χ2n) is 4.88. The number of carbonyl (C=O) groups excluding carboxylic acids is 1. The van der Waals surface area contributed by atoms with E-state index < -0.39 is 0 Å². The molecule has 0 spiro atoms. The van der Waals surface area contributed by atoms with Crippen LogP contribution in [0.4, 0.5) is 0 Å². The van der Waals surface area contributed by atoms with E-state index in [0.717, 1.165) is 38.0 Å². The average Bonchev–Trinajstić information content (AvgIpc) is 2.47. The number of carbonyl (C=O) groups is 1. The largest absolute Gasteiger partial charge is 0.465 e. The van der Waals surface area contributed by atoms with Gasteiger partial charge in [0, 0.05) is 20.2 Å². The van der Waals surface area contributed by atoms with Crippen molar-refractivity contribution < 1.29 is 14.3 Å². The van der Waals surface area contributed by atoms with Crippen molar-refractivity contribution in [3.63, 3.8) is 0 Å². The predicted molar refractivity (Wildman–Crippen MR) is 73.1 cm³/mol. The molecule has 19 heavy (non-hydrogen) atoms. The third kappa shape index (κ3) is 3.55. The van der Waals surface area contributed by atoms with E-state index in [9.17, 15) is 4.79 Å². The Labute approximate surface area is 114 Å². The van der Waals surface area contributed by atoms with E-state index in [4.69, 9.17) is 9.47 Å². The molecule has 1 aromatic rings. The van der Waals surface area contributed by atoms with Crippen LogP contribution in [0.1, 0.15) is 28.8 Å². The van der Waals surface area contributed by atoms with Crippen molar-refractivity contribution in [2.24, 2.45) is 0 Å². The van der Waals surface area contributed by atoms with Crippen LogP contribution in [0, 0.1) is 0 Å². The van der Waals surface area contributed by atoms with Crippen LogP contribution in [0.15, 0.2) is 24.3 Å². The Kier molecular flexibility index (Phi) is 4.93. The minimum absolute atomic E-state index is 0.268. The molecular weight excluding hydrogens is 242 g/mol. The Morgan fingerprint density at radius 2 is 2.16 bits per heavy atom. The van der Waals surface area contributed by atoms with E-state index >= 15 is 0 Å². The number of likely N-dealkylation sites (tertiary alicyclic amines) is 1. The summed E-state index contributed by atoms with van der Waals surface area (Å²) < 4.78 is 10.3. The van der Waals surface area contributed by atoms with Crippen molar-refractivity contribution in [3.8, 4) is 0 Å². The summed E-state index contributed by atoms with van der Waals surface area (Å²) in [6.07, 6.45) is 2.56. The van der Waals surface area contributed by atoms with E-state index in [0.29, 0.717) is 11.7 Å². The first-order valence-electron chi connectivity index (χ1n) is 6.66. The highest BCUT2D eigenvalue weighted by molar-refractivity contribution is 5.90. The molecule has 0 N–H and O–H groups in total. The van der Waals surface area contributed by atoms with Crippen LogP contribution in [0.5, 0.6) is 0 Å². The number of nitrogens with zero attached hydrogens (tertiary/aromatic N) is 1. The third-order valence-electron chi connectivity index (χ3n) is 3.61. The van der Waals surface area contributed by atoms with Gasteiger partial charge in [-0.2, -0.15) is 0 Å². The van der Waals surface area contributed by atoms with Crippen molar-refractivity contribution in [1.82, 2.24) is 4.90 Å². The molecule has 1 saturated heterocycles. The Hall–Kier alpha value is -1.39. The van der Waals surface area contributed by atoms with Gasteiger partial charge in [-0.3, -0.25) is 4.90 Å². The molecule has 0 bridgehead atoms. The Morgan fingerprint density at radius 3 is 2.89 bits per heavy atom. The summed E-state index contributed by atoms with van der Waals surface area (Å²) in [5.74, 6) is -0.268. The molecule has 1 heterocycles. The fourth-order valence-electron chi connectivity index (χ4n) is 2.56. The van der Waals surface area contributed by atoms with Gasteiger partial charge < -0.3 is 9.47 Å². The maximum atomic E-state index is 11.7. The Bertz CT molecular complexity index is 433. The quantitative estimate of drug-likeness (QED) is 0.780. The lowest BCUT2D eigenvalue weighted by molar-refractivity contribution is 0.0283. The SMILES string of the molecule is COC(=O)c1ccccc1CN1CCCC(OC)C1. The molecule has 1 unspecified atom stereocenters. The van der Waals surface area contributed by atoms with E-state index in [1.807, 2.05) is 24.3 Å². The van der Waals surface area contributed by atoms with Crippen LogP contribution in [-0.4, -0.2) is 44.3 Å². The summed E-state index contributed by atoms with van der Waals surface area (Å²) in [5.41, 5.74) is 1.68. The van der Waals surface area contributed by atoms with Gasteiger partial charge in [0.1, 0.15) is 0 Å². The van der Waals surface area contributed by atoms with Gasteiger partial charge >= 0.3 is 5.97 Å². The molecule has 0 amide bonds. The molecule has 1 aromatic carbocycles. The fourth-order valence-corrected chi connectivity index (χ4v) is 2.56. The van der Waals surface area contributed by atoms with Gasteiger partial charge in [0.2, 0.25) is 0 Å². The first-order valence-corrected chi connectivity index (χ1v) is 6.66. The van der Waals surface area contributed by atoms with Gasteiger partial charge in [-0.05, 0) is 31.0 Å². The third-order valence-corrected chi connectivity index (χ3v) is 3.61. The molecule has 2 rings (SSSR count). The number of hydrogen-bond donors (Lipinski definition) is 0. The van der Waals surface area contributed by atoms with Crippen molar-refractivity contribution in [2.75, 3.05) is 27.3 Å². The smallest absolute Gasteiger partial charge is 0.338 e. The summed E-state index contributed by atoms with van der Waals surface area (Å²) in [4.78, 5) is 14.1. The van der Waals surface area contributed by atoms with Crippen molar-refractivity contribution in [2.45, 2.75) is 25.5 Å². The molecule has 1 atom stereocenters. The predicted octanol–water partition coefficient (Wildman–Crippen LogP) is 2.08. The minimum atomic E-state index is -0.268. The summed E-state index contributed by atoms with van der Waals surface area (Å²) in [6, 6.07) is 7.63. The van der Waals surface area contributed by atoms with Crippen molar-refractivity contribution in [1.29, 1.82) is 0 Å². The highest BCUT2D eigenvalue weighted by Gasteiger charge is 2.21. The fraction of sp³-hybridized carbons (Fsp3) is 0.533. The number of hydrogen-bond acceptors (Lipinski definition) is 4. The number of ether oxygens (including phenoxy) is 2. The highest BCUT2D eigenvalue weighted by atomic mass is 16.5. The molecular formula is C15H21NO3. The van der Waals surface area contributed by atoms with Crippen LogP contribution in [0.25, 0.3) is 0 Å². The monoisotopic (exact) mass is 263 g/mol. The Balaban J connectivity index is 2.08. The maximum absolute atomic E-state index is 11.7. The van der Waals surface area contributed by atoms with E-state index in [1.165, 1.54) is 7.11 Å². The molecule has 1 aliphatic rings. The number of esters is 1. The molecule has 1 aliphatic heterocycles. The lowest BCUT2D eigenvalue weighted by Gasteiger charge is -2.32. The summed E-state index contributed by atoms with van der Waals surface area (Å²) >= 11 is 0. The first-order chi connectivity index (χ1) is 9.24. The molecule has 0 aliphatic carbocycles.